The number of H-pyrrole nitrogens is 1. The summed E-state index contributed by atoms with van der Waals surface area (Å²) in [7, 11) is 0. The lowest BCUT2D eigenvalue weighted by Gasteiger charge is -2.37. The van der Waals surface area contributed by atoms with Crippen molar-refractivity contribution in [3.63, 3.8) is 0 Å². The van der Waals surface area contributed by atoms with E-state index in [1.54, 1.807) is 0 Å². The number of aromatic nitrogens is 2. The van der Waals surface area contributed by atoms with Crippen LogP contribution in [0.1, 0.15) is 45.4 Å². The van der Waals surface area contributed by atoms with E-state index in [0.717, 1.165) is 12.8 Å². The van der Waals surface area contributed by atoms with Crippen LogP contribution in [0.25, 0.3) is 0 Å². The second-order valence-corrected chi connectivity index (χ2v) is 5.64. The highest BCUT2D eigenvalue weighted by Crippen LogP contribution is 2.34. The van der Waals surface area contributed by atoms with E-state index in [9.17, 15) is 14.7 Å². The first-order chi connectivity index (χ1) is 9.45. The quantitative estimate of drug-likeness (QED) is 0.781. The zero-order chi connectivity index (χ0) is 14.8. The molecule has 6 heteroatoms. The molecule has 110 valence electrons. The molecule has 0 aliphatic heterocycles. The molecule has 0 aromatic carbocycles. The SMILES string of the molecule is CCc1nc(NC2(C(=O)O)CCCC(C)C2)cc(=O)[nH]1. The van der Waals surface area contributed by atoms with Gasteiger partial charge in [0.2, 0.25) is 0 Å². The zero-order valence-electron chi connectivity index (χ0n) is 11.9. The molecule has 1 aromatic heterocycles. The van der Waals surface area contributed by atoms with Crippen molar-refractivity contribution in [3.8, 4) is 0 Å². The molecule has 6 nitrogen and oxygen atoms in total. The van der Waals surface area contributed by atoms with Gasteiger partial charge < -0.3 is 15.4 Å². The maximum absolute atomic E-state index is 11.7. The molecule has 0 radical (unpaired) electrons. The number of carbonyl (C=O) groups is 1. The van der Waals surface area contributed by atoms with Crippen molar-refractivity contribution in [1.29, 1.82) is 0 Å². The van der Waals surface area contributed by atoms with Crippen molar-refractivity contribution in [2.24, 2.45) is 5.92 Å². The fourth-order valence-corrected chi connectivity index (χ4v) is 2.90. The van der Waals surface area contributed by atoms with Crippen LogP contribution in [0.2, 0.25) is 0 Å². The Morgan fingerprint density at radius 2 is 2.40 bits per heavy atom. The monoisotopic (exact) mass is 279 g/mol. The van der Waals surface area contributed by atoms with E-state index < -0.39 is 11.5 Å². The summed E-state index contributed by atoms with van der Waals surface area (Å²) >= 11 is 0. The highest BCUT2D eigenvalue weighted by molar-refractivity contribution is 5.82. The Morgan fingerprint density at radius 1 is 1.65 bits per heavy atom. The molecular formula is C14H21N3O3. The molecule has 2 atom stereocenters. The first-order valence-electron chi connectivity index (χ1n) is 7.07. The third-order valence-corrected chi connectivity index (χ3v) is 3.90. The van der Waals surface area contributed by atoms with Gasteiger partial charge in [0.15, 0.2) is 0 Å². The van der Waals surface area contributed by atoms with Gasteiger partial charge in [0.25, 0.3) is 5.56 Å². The Kier molecular flexibility index (Phi) is 4.11. The molecule has 20 heavy (non-hydrogen) atoms. The van der Waals surface area contributed by atoms with Crippen LogP contribution in [-0.4, -0.2) is 26.6 Å². The Hall–Kier alpha value is -1.85. The van der Waals surface area contributed by atoms with Gasteiger partial charge in [0, 0.05) is 12.5 Å². The van der Waals surface area contributed by atoms with Crippen LogP contribution in [0.3, 0.4) is 0 Å². The van der Waals surface area contributed by atoms with Crippen molar-refractivity contribution in [2.75, 3.05) is 5.32 Å². The standard InChI is InChI=1S/C14H21N3O3/c1-3-10-15-11(7-12(18)16-10)17-14(13(19)20)6-4-5-9(2)8-14/h7,9H,3-6,8H2,1-2H3,(H,19,20)(H2,15,16,17,18). The molecular weight excluding hydrogens is 258 g/mol. The molecule has 0 bridgehead atoms. The number of anilines is 1. The summed E-state index contributed by atoms with van der Waals surface area (Å²) in [6.07, 6.45) is 3.62. The number of carboxylic acids is 1. The molecule has 1 saturated carbocycles. The van der Waals surface area contributed by atoms with Crippen LogP contribution < -0.4 is 10.9 Å². The number of hydrogen-bond donors (Lipinski definition) is 3. The highest BCUT2D eigenvalue weighted by atomic mass is 16.4. The lowest BCUT2D eigenvalue weighted by Crippen LogP contribution is -2.50. The normalized spacial score (nSPS) is 26.2. The summed E-state index contributed by atoms with van der Waals surface area (Å²) in [6.45, 7) is 3.94. The van der Waals surface area contributed by atoms with Crippen molar-refractivity contribution in [3.05, 3.63) is 22.2 Å². The van der Waals surface area contributed by atoms with Gasteiger partial charge in [-0.15, -0.1) is 0 Å². The predicted octanol–water partition coefficient (Wildman–Crippen LogP) is 1.78. The van der Waals surface area contributed by atoms with Crippen LogP contribution >= 0.6 is 0 Å². The van der Waals surface area contributed by atoms with Crippen molar-refractivity contribution in [1.82, 2.24) is 9.97 Å². The first-order valence-corrected chi connectivity index (χ1v) is 7.07. The molecule has 0 saturated heterocycles. The number of aromatic amines is 1. The number of nitrogens with zero attached hydrogens (tertiary/aromatic N) is 1. The molecule has 0 spiro atoms. The minimum absolute atomic E-state index is 0.260. The fraction of sp³-hybridized carbons (Fsp3) is 0.643. The molecule has 1 heterocycles. The van der Waals surface area contributed by atoms with Gasteiger partial charge in [-0.25, -0.2) is 9.78 Å². The van der Waals surface area contributed by atoms with Gasteiger partial charge >= 0.3 is 5.97 Å². The van der Waals surface area contributed by atoms with E-state index in [2.05, 4.69) is 22.2 Å². The second-order valence-electron chi connectivity index (χ2n) is 5.64. The second kappa shape index (κ2) is 5.64. The van der Waals surface area contributed by atoms with E-state index in [-0.39, 0.29) is 5.56 Å². The molecule has 2 unspecified atom stereocenters. The lowest BCUT2D eigenvalue weighted by molar-refractivity contribution is -0.144. The summed E-state index contributed by atoms with van der Waals surface area (Å²) in [5.41, 5.74) is -1.27. The van der Waals surface area contributed by atoms with E-state index >= 15 is 0 Å². The van der Waals surface area contributed by atoms with E-state index in [0.29, 0.717) is 36.8 Å². The topological polar surface area (TPSA) is 95.1 Å². The number of aliphatic carboxylic acids is 1. The first kappa shape index (κ1) is 14.6. The third-order valence-electron chi connectivity index (χ3n) is 3.90. The summed E-state index contributed by atoms with van der Waals surface area (Å²) in [5.74, 6) is 0.385. The molecule has 1 aliphatic carbocycles. The number of hydrogen-bond acceptors (Lipinski definition) is 4. The number of nitrogens with one attached hydrogen (secondary N) is 2. The third kappa shape index (κ3) is 3.00. The average Bonchev–Trinajstić information content (AvgIpc) is 2.37. The molecule has 1 aliphatic rings. The minimum Gasteiger partial charge on any atom is -0.480 e. The summed E-state index contributed by atoms with van der Waals surface area (Å²) in [4.78, 5) is 30.2. The summed E-state index contributed by atoms with van der Waals surface area (Å²) in [6, 6.07) is 1.32. The van der Waals surface area contributed by atoms with E-state index in [4.69, 9.17) is 0 Å². The molecule has 3 N–H and O–H groups in total. The van der Waals surface area contributed by atoms with Crippen LogP contribution in [-0.2, 0) is 11.2 Å². The van der Waals surface area contributed by atoms with Crippen LogP contribution in [0.5, 0.6) is 0 Å². The Labute approximate surface area is 117 Å². The predicted molar refractivity (Wildman–Crippen MR) is 75.9 cm³/mol. The summed E-state index contributed by atoms with van der Waals surface area (Å²) < 4.78 is 0. The maximum atomic E-state index is 11.7. The minimum atomic E-state index is -1.01. The van der Waals surface area contributed by atoms with Gasteiger partial charge in [-0.1, -0.05) is 26.7 Å². The smallest absolute Gasteiger partial charge is 0.329 e. The van der Waals surface area contributed by atoms with Crippen molar-refractivity contribution < 1.29 is 9.90 Å². The molecule has 1 aromatic rings. The Morgan fingerprint density at radius 3 is 3.00 bits per heavy atom. The largest absolute Gasteiger partial charge is 0.480 e. The van der Waals surface area contributed by atoms with Crippen molar-refractivity contribution >= 4 is 11.8 Å². The highest BCUT2D eigenvalue weighted by Gasteiger charge is 2.42. The van der Waals surface area contributed by atoms with Gasteiger partial charge in [-0.2, -0.15) is 0 Å². The Bertz CT molecular complexity index is 555. The van der Waals surface area contributed by atoms with Gasteiger partial charge in [-0.05, 0) is 18.8 Å². The van der Waals surface area contributed by atoms with Gasteiger partial charge in [0.1, 0.15) is 17.2 Å². The van der Waals surface area contributed by atoms with Crippen LogP contribution in [0.4, 0.5) is 5.82 Å². The average molecular weight is 279 g/mol. The fourth-order valence-electron chi connectivity index (χ4n) is 2.90. The van der Waals surface area contributed by atoms with Crippen LogP contribution in [0.15, 0.2) is 10.9 Å². The lowest BCUT2D eigenvalue weighted by atomic mass is 9.76. The maximum Gasteiger partial charge on any atom is 0.329 e. The van der Waals surface area contributed by atoms with Crippen molar-refractivity contribution in [2.45, 2.75) is 51.5 Å². The van der Waals surface area contributed by atoms with E-state index in [1.807, 2.05) is 6.92 Å². The molecule has 0 amide bonds. The number of aryl methyl sites for hydroxylation is 1. The number of carboxylic acid groups (broad SMARTS) is 1. The van der Waals surface area contributed by atoms with Gasteiger partial charge in [-0.3, -0.25) is 4.79 Å². The van der Waals surface area contributed by atoms with E-state index in [1.165, 1.54) is 6.07 Å². The van der Waals surface area contributed by atoms with Gasteiger partial charge in [0.05, 0.1) is 0 Å². The molecule has 2 rings (SSSR count). The summed E-state index contributed by atoms with van der Waals surface area (Å²) in [5, 5.41) is 12.6. The zero-order valence-corrected chi connectivity index (χ0v) is 11.9. The van der Waals surface area contributed by atoms with Crippen LogP contribution in [0, 0.1) is 5.92 Å². The molecule has 1 fully saturated rings. The Balaban J connectivity index is 2.31. The number of rotatable bonds is 4.